The Hall–Kier alpha value is -2.66. The molecule has 2 aliphatic rings. The number of rotatable bonds is 6. The molecule has 0 spiro atoms. The molecule has 3 heterocycles. The highest BCUT2D eigenvalue weighted by atomic mass is 16.1. The quantitative estimate of drug-likeness (QED) is 0.670. The van der Waals surface area contributed by atoms with Gasteiger partial charge in [-0.1, -0.05) is 26.0 Å². The maximum Gasteiger partial charge on any atom is 0.180 e. The van der Waals surface area contributed by atoms with Gasteiger partial charge in [-0.3, -0.25) is 24.5 Å². The van der Waals surface area contributed by atoms with Crippen LogP contribution in [0.3, 0.4) is 0 Å². The Bertz CT molecular complexity index is 970. The summed E-state index contributed by atoms with van der Waals surface area (Å²) in [6.07, 6.45) is 9.69. The van der Waals surface area contributed by atoms with Gasteiger partial charge in [-0.15, -0.1) is 0 Å². The van der Waals surface area contributed by atoms with Gasteiger partial charge in [0, 0.05) is 31.8 Å². The molecular formula is C25H29N3O2. The molecule has 30 heavy (non-hydrogen) atoms. The predicted octanol–water partition coefficient (Wildman–Crippen LogP) is 4.37. The summed E-state index contributed by atoms with van der Waals surface area (Å²) in [5.74, 6) is 0.819. The van der Waals surface area contributed by atoms with Crippen molar-refractivity contribution in [3.05, 3.63) is 64.2 Å². The van der Waals surface area contributed by atoms with Crippen LogP contribution in [0.15, 0.2) is 36.2 Å². The minimum absolute atomic E-state index is 0.0955. The fourth-order valence-corrected chi connectivity index (χ4v) is 4.44. The van der Waals surface area contributed by atoms with E-state index in [1.165, 1.54) is 11.1 Å². The smallest absolute Gasteiger partial charge is 0.180 e. The third-order valence-corrected chi connectivity index (χ3v) is 6.32. The van der Waals surface area contributed by atoms with Crippen molar-refractivity contribution < 1.29 is 9.59 Å². The molecule has 5 heteroatoms. The van der Waals surface area contributed by atoms with Crippen molar-refractivity contribution in [2.24, 2.45) is 0 Å². The molecule has 2 aromatic rings. The third-order valence-electron chi connectivity index (χ3n) is 6.32. The lowest BCUT2D eigenvalue weighted by molar-refractivity contribution is -0.115. The maximum atomic E-state index is 12.2. The number of carbonyl (C=O) groups excluding carboxylic acids is 2. The van der Waals surface area contributed by atoms with Crippen molar-refractivity contribution in [2.45, 2.75) is 58.4 Å². The Morgan fingerprint density at radius 3 is 2.60 bits per heavy atom. The monoisotopic (exact) mass is 403 g/mol. The van der Waals surface area contributed by atoms with Crippen molar-refractivity contribution in [2.75, 3.05) is 13.1 Å². The topological polar surface area (TPSA) is 63.2 Å². The third kappa shape index (κ3) is 4.41. The highest BCUT2D eigenvalue weighted by Gasteiger charge is 2.23. The number of Topliss-reactive ketones (excluding diaryl/α,β-unsaturated/α-hetero) is 2. The number of pyridine rings is 2. The van der Waals surface area contributed by atoms with Crippen LogP contribution in [-0.4, -0.2) is 39.5 Å². The molecule has 0 atom stereocenters. The molecule has 0 N–H and O–H groups in total. The molecule has 4 rings (SSSR count). The zero-order valence-electron chi connectivity index (χ0n) is 17.9. The molecular weight excluding hydrogens is 374 g/mol. The van der Waals surface area contributed by atoms with Crippen molar-refractivity contribution in [1.29, 1.82) is 0 Å². The second-order valence-corrected chi connectivity index (χ2v) is 8.31. The Balaban J connectivity index is 1.35. The summed E-state index contributed by atoms with van der Waals surface area (Å²) in [7, 11) is 0. The Kier molecular flexibility index (Phi) is 6.18. The van der Waals surface area contributed by atoms with Crippen LogP contribution >= 0.6 is 0 Å². The van der Waals surface area contributed by atoms with Crippen LogP contribution in [0.25, 0.3) is 6.08 Å². The number of hydrogen-bond donors (Lipinski definition) is 0. The number of aromatic nitrogens is 2. The van der Waals surface area contributed by atoms with Crippen molar-refractivity contribution in [3.63, 3.8) is 0 Å². The van der Waals surface area contributed by atoms with Crippen LogP contribution in [0, 0.1) is 0 Å². The number of carbonyl (C=O) groups is 2. The lowest BCUT2D eigenvalue weighted by atomic mass is 9.90. The maximum absolute atomic E-state index is 12.2. The van der Waals surface area contributed by atoms with Gasteiger partial charge in [-0.2, -0.15) is 0 Å². The first kappa shape index (κ1) is 20.6. The van der Waals surface area contributed by atoms with Crippen molar-refractivity contribution in [1.82, 2.24) is 14.9 Å². The first-order valence-corrected chi connectivity index (χ1v) is 11.0. The number of likely N-dealkylation sites (tertiary alicyclic amines) is 1. The first-order chi connectivity index (χ1) is 14.6. The Morgan fingerprint density at radius 1 is 1.13 bits per heavy atom. The van der Waals surface area contributed by atoms with Crippen LogP contribution in [0.4, 0.5) is 0 Å². The van der Waals surface area contributed by atoms with Crippen LogP contribution < -0.4 is 0 Å². The molecule has 0 radical (unpaired) electrons. The van der Waals surface area contributed by atoms with E-state index in [1.54, 1.807) is 0 Å². The molecule has 0 unspecified atom stereocenters. The summed E-state index contributed by atoms with van der Waals surface area (Å²) in [4.78, 5) is 35.4. The van der Waals surface area contributed by atoms with Crippen LogP contribution in [0.2, 0.25) is 0 Å². The van der Waals surface area contributed by atoms with Gasteiger partial charge in [0.1, 0.15) is 5.69 Å². The van der Waals surface area contributed by atoms with E-state index in [1.807, 2.05) is 38.4 Å². The molecule has 0 saturated carbocycles. The predicted molar refractivity (Wildman–Crippen MR) is 117 cm³/mol. The SMILES string of the molecule is CCC(=O)c1ccc(C2CCN(Cc3cnc4c(c3)CC(=O)C(CC)=C4)CC2)cn1. The molecule has 1 fully saturated rings. The van der Waals surface area contributed by atoms with Gasteiger partial charge in [0.25, 0.3) is 0 Å². The second-order valence-electron chi connectivity index (χ2n) is 8.31. The lowest BCUT2D eigenvalue weighted by Crippen LogP contribution is -2.32. The van der Waals surface area contributed by atoms with E-state index in [9.17, 15) is 9.59 Å². The average Bonchev–Trinajstić information content (AvgIpc) is 2.78. The van der Waals surface area contributed by atoms with Gasteiger partial charge in [0.2, 0.25) is 0 Å². The van der Waals surface area contributed by atoms with E-state index >= 15 is 0 Å². The molecule has 1 aliphatic carbocycles. The molecule has 1 aliphatic heterocycles. The highest BCUT2D eigenvalue weighted by molar-refractivity contribution is 6.03. The number of hydrogen-bond acceptors (Lipinski definition) is 5. The summed E-state index contributed by atoms with van der Waals surface area (Å²) in [6, 6.07) is 6.09. The zero-order chi connectivity index (χ0) is 21.1. The largest absolute Gasteiger partial charge is 0.299 e. The van der Waals surface area contributed by atoms with E-state index in [-0.39, 0.29) is 11.6 Å². The Labute approximate surface area is 178 Å². The van der Waals surface area contributed by atoms with Gasteiger partial charge in [-0.05, 0) is 72.7 Å². The van der Waals surface area contributed by atoms with Gasteiger partial charge < -0.3 is 0 Å². The van der Waals surface area contributed by atoms with Gasteiger partial charge >= 0.3 is 0 Å². The van der Waals surface area contributed by atoms with E-state index in [4.69, 9.17) is 0 Å². The molecule has 5 nitrogen and oxygen atoms in total. The summed E-state index contributed by atoms with van der Waals surface area (Å²) >= 11 is 0. The molecule has 2 aromatic heterocycles. The summed E-state index contributed by atoms with van der Waals surface area (Å²) < 4.78 is 0. The fraction of sp³-hybridized carbons (Fsp3) is 0.440. The number of ketones is 2. The number of allylic oxidation sites excluding steroid dienone is 1. The molecule has 0 amide bonds. The summed E-state index contributed by atoms with van der Waals surface area (Å²) in [5.41, 5.74) is 5.86. The number of nitrogens with zero attached hydrogens (tertiary/aromatic N) is 3. The number of fused-ring (bicyclic) bond motifs is 1. The second kappa shape index (κ2) is 9.00. The van der Waals surface area contributed by atoms with E-state index in [0.29, 0.717) is 24.5 Å². The van der Waals surface area contributed by atoms with E-state index < -0.39 is 0 Å². The highest BCUT2D eigenvalue weighted by Crippen LogP contribution is 2.29. The van der Waals surface area contributed by atoms with Crippen LogP contribution in [-0.2, 0) is 17.8 Å². The summed E-state index contributed by atoms with van der Waals surface area (Å²) in [6.45, 7) is 6.80. The fourth-order valence-electron chi connectivity index (χ4n) is 4.44. The minimum atomic E-state index is 0.0955. The summed E-state index contributed by atoms with van der Waals surface area (Å²) in [5, 5.41) is 0. The van der Waals surface area contributed by atoms with E-state index in [2.05, 4.69) is 27.0 Å². The lowest BCUT2D eigenvalue weighted by Gasteiger charge is -2.32. The minimum Gasteiger partial charge on any atom is -0.299 e. The zero-order valence-corrected chi connectivity index (χ0v) is 17.9. The molecule has 0 bridgehead atoms. The van der Waals surface area contributed by atoms with Crippen molar-refractivity contribution >= 4 is 17.6 Å². The van der Waals surface area contributed by atoms with Gasteiger partial charge in [-0.25, -0.2) is 0 Å². The van der Waals surface area contributed by atoms with E-state index in [0.717, 1.165) is 55.7 Å². The normalized spacial score (nSPS) is 17.5. The van der Waals surface area contributed by atoms with Crippen LogP contribution in [0.1, 0.15) is 78.3 Å². The average molecular weight is 404 g/mol. The first-order valence-electron chi connectivity index (χ1n) is 11.0. The van der Waals surface area contributed by atoms with Gasteiger partial charge in [0.05, 0.1) is 5.69 Å². The molecule has 156 valence electrons. The van der Waals surface area contributed by atoms with Gasteiger partial charge in [0.15, 0.2) is 11.6 Å². The Morgan fingerprint density at radius 2 is 1.93 bits per heavy atom. The number of piperidine rings is 1. The molecule has 0 aromatic carbocycles. The van der Waals surface area contributed by atoms with Crippen molar-refractivity contribution in [3.8, 4) is 0 Å². The standard InChI is InChI=1S/C25H29N3O2/c1-3-18-12-23-21(13-25(18)30)11-17(14-26-23)16-28-9-7-19(8-10-28)20-5-6-22(27-15-20)24(29)4-2/h5-6,11-12,14-15,19H,3-4,7-10,13,16H2,1-2H3. The molecule has 1 saturated heterocycles. The van der Waals surface area contributed by atoms with Crippen LogP contribution in [0.5, 0.6) is 0 Å².